The molecule has 1 N–H and O–H groups in total. The second-order valence-electron chi connectivity index (χ2n) is 4.02. The Kier molecular flexibility index (Phi) is 5.65. The van der Waals surface area contributed by atoms with Crippen LogP contribution in [0.25, 0.3) is 0 Å². The van der Waals surface area contributed by atoms with Gasteiger partial charge in [0.2, 0.25) is 0 Å². The van der Waals surface area contributed by atoms with Crippen molar-refractivity contribution < 1.29 is 14.6 Å². The summed E-state index contributed by atoms with van der Waals surface area (Å²) in [6.45, 7) is 1.54. The minimum atomic E-state index is -0.170. The van der Waals surface area contributed by atoms with Crippen molar-refractivity contribution in [1.82, 2.24) is 4.90 Å². The lowest BCUT2D eigenvalue weighted by atomic mass is 10.2. The smallest absolute Gasteiger partial charge is 0.306 e. The molecule has 4 heteroatoms. The SMILES string of the molecule is COC(=O)CCN(CCO)C1CCCC1. The van der Waals surface area contributed by atoms with Gasteiger partial charge in [-0.05, 0) is 12.8 Å². The summed E-state index contributed by atoms with van der Waals surface area (Å²) in [6.07, 6.45) is 5.35. The molecule has 1 aliphatic carbocycles. The van der Waals surface area contributed by atoms with E-state index < -0.39 is 0 Å². The molecule has 0 aromatic carbocycles. The summed E-state index contributed by atoms with van der Waals surface area (Å²) < 4.78 is 4.61. The van der Waals surface area contributed by atoms with Crippen molar-refractivity contribution in [2.75, 3.05) is 26.8 Å². The number of carbonyl (C=O) groups is 1. The van der Waals surface area contributed by atoms with Crippen molar-refractivity contribution in [1.29, 1.82) is 0 Å². The average molecular weight is 215 g/mol. The van der Waals surface area contributed by atoms with Crippen molar-refractivity contribution in [3.63, 3.8) is 0 Å². The Labute approximate surface area is 91.2 Å². The number of rotatable bonds is 6. The minimum absolute atomic E-state index is 0.164. The Morgan fingerprint density at radius 2 is 2.07 bits per heavy atom. The molecule has 1 rings (SSSR count). The summed E-state index contributed by atoms with van der Waals surface area (Å²) >= 11 is 0. The normalized spacial score (nSPS) is 17.3. The van der Waals surface area contributed by atoms with Gasteiger partial charge in [0.25, 0.3) is 0 Å². The van der Waals surface area contributed by atoms with Crippen LogP contribution in [0.4, 0.5) is 0 Å². The van der Waals surface area contributed by atoms with Crippen LogP contribution < -0.4 is 0 Å². The van der Waals surface area contributed by atoms with E-state index in [1.54, 1.807) is 0 Å². The van der Waals surface area contributed by atoms with Gasteiger partial charge in [0.1, 0.15) is 0 Å². The molecule has 0 bridgehead atoms. The lowest BCUT2D eigenvalue weighted by Crippen LogP contribution is -2.37. The molecule has 1 aliphatic rings. The highest BCUT2D eigenvalue weighted by Gasteiger charge is 2.22. The van der Waals surface area contributed by atoms with Crippen LogP contribution in [0.2, 0.25) is 0 Å². The highest BCUT2D eigenvalue weighted by molar-refractivity contribution is 5.69. The summed E-state index contributed by atoms with van der Waals surface area (Å²) in [5.74, 6) is -0.170. The molecule has 0 amide bonds. The number of esters is 1. The minimum Gasteiger partial charge on any atom is -0.469 e. The molecule has 0 saturated heterocycles. The van der Waals surface area contributed by atoms with Crippen LogP contribution >= 0.6 is 0 Å². The van der Waals surface area contributed by atoms with E-state index in [2.05, 4.69) is 9.64 Å². The van der Waals surface area contributed by atoms with Crippen LogP contribution in [-0.2, 0) is 9.53 Å². The number of aliphatic hydroxyl groups excluding tert-OH is 1. The van der Waals surface area contributed by atoms with Crippen molar-refractivity contribution in [2.45, 2.75) is 38.1 Å². The molecule has 0 radical (unpaired) electrons. The number of hydrogen-bond donors (Lipinski definition) is 1. The largest absolute Gasteiger partial charge is 0.469 e. The van der Waals surface area contributed by atoms with Gasteiger partial charge in [-0.25, -0.2) is 0 Å². The average Bonchev–Trinajstić information content (AvgIpc) is 2.76. The Balaban J connectivity index is 2.32. The van der Waals surface area contributed by atoms with Gasteiger partial charge < -0.3 is 9.84 Å². The van der Waals surface area contributed by atoms with Crippen LogP contribution in [0.1, 0.15) is 32.1 Å². The first-order valence-corrected chi connectivity index (χ1v) is 5.69. The molecule has 0 unspecified atom stereocenters. The van der Waals surface area contributed by atoms with E-state index in [4.69, 9.17) is 5.11 Å². The summed E-state index contributed by atoms with van der Waals surface area (Å²) in [5, 5.41) is 8.96. The first-order chi connectivity index (χ1) is 7.27. The summed E-state index contributed by atoms with van der Waals surface area (Å²) in [4.78, 5) is 13.2. The predicted octanol–water partition coefficient (Wildman–Crippen LogP) is 0.786. The van der Waals surface area contributed by atoms with E-state index in [0.29, 0.717) is 25.6 Å². The van der Waals surface area contributed by atoms with Gasteiger partial charge in [-0.3, -0.25) is 9.69 Å². The molecule has 0 aromatic rings. The van der Waals surface area contributed by atoms with Crippen LogP contribution in [0.5, 0.6) is 0 Å². The zero-order valence-corrected chi connectivity index (χ0v) is 9.45. The quantitative estimate of drug-likeness (QED) is 0.665. The molecule has 1 saturated carbocycles. The first kappa shape index (κ1) is 12.5. The van der Waals surface area contributed by atoms with E-state index >= 15 is 0 Å². The second kappa shape index (κ2) is 6.80. The van der Waals surface area contributed by atoms with E-state index in [1.165, 1.54) is 32.8 Å². The van der Waals surface area contributed by atoms with Crippen molar-refractivity contribution in [3.8, 4) is 0 Å². The van der Waals surface area contributed by atoms with Crippen LogP contribution in [0.3, 0.4) is 0 Å². The molecule has 0 aromatic heterocycles. The maximum absolute atomic E-state index is 11.0. The van der Waals surface area contributed by atoms with Gasteiger partial charge in [-0.15, -0.1) is 0 Å². The first-order valence-electron chi connectivity index (χ1n) is 5.69. The number of aliphatic hydroxyl groups is 1. The van der Waals surface area contributed by atoms with E-state index in [9.17, 15) is 4.79 Å². The van der Waals surface area contributed by atoms with E-state index in [0.717, 1.165) is 0 Å². The van der Waals surface area contributed by atoms with Gasteiger partial charge in [0.15, 0.2) is 0 Å². The third-order valence-corrected chi connectivity index (χ3v) is 3.06. The van der Waals surface area contributed by atoms with Crippen molar-refractivity contribution >= 4 is 5.97 Å². The number of methoxy groups -OCH3 is 1. The Morgan fingerprint density at radius 1 is 1.40 bits per heavy atom. The third kappa shape index (κ3) is 4.18. The Bertz CT molecular complexity index is 190. The highest BCUT2D eigenvalue weighted by Crippen LogP contribution is 2.23. The fourth-order valence-corrected chi connectivity index (χ4v) is 2.21. The molecule has 0 atom stereocenters. The lowest BCUT2D eigenvalue weighted by Gasteiger charge is -2.27. The van der Waals surface area contributed by atoms with Crippen molar-refractivity contribution in [2.24, 2.45) is 0 Å². The van der Waals surface area contributed by atoms with Gasteiger partial charge >= 0.3 is 5.97 Å². The fraction of sp³-hybridized carbons (Fsp3) is 0.909. The molecular formula is C11H21NO3. The molecule has 1 fully saturated rings. The molecular weight excluding hydrogens is 194 g/mol. The van der Waals surface area contributed by atoms with Crippen molar-refractivity contribution in [3.05, 3.63) is 0 Å². The zero-order chi connectivity index (χ0) is 11.1. The third-order valence-electron chi connectivity index (χ3n) is 3.06. The van der Waals surface area contributed by atoms with E-state index in [-0.39, 0.29) is 12.6 Å². The van der Waals surface area contributed by atoms with Gasteiger partial charge in [0.05, 0.1) is 20.1 Å². The molecule has 15 heavy (non-hydrogen) atoms. The number of carbonyl (C=O) groups excluding carboxylic acids is 1. The lowest BCUT2D eigenvalue weighted by molar-refractivity contribution is -0.141. The van der Waals surface area contributed by atoms with Crippen LogP contribution in [-0.4, -0.2) is 48.8 Å². The standard InChI is InChI=1S/C11H21NO3/c1-15-11(14)6-7-12(8-9-13)10-4-2-3-5-10/h10,13H,2-9H2,1H3. The fourth-order valence-electron chi connectivity index (χ4n) is 2.21. The monoisotopic (exact) mass is 215 g/mol. The summed E-state index contributed by atoms with van der Waals surface area (Å²) in [5.41, 5.74) is 0. The maximum Gasteiger partial charge on any atom is 0.306 e. The molecule has 88 valence electrons. The molecule has 0 aliphatic heterocycles. The van der Waals surface area contributed by atoms with Gasteiger partial charge in [-0.2, -0.15) is 0 Å². The van der Waals surface area contributed by atoms with Gasteiger partial charge in [0, 0.05) is 19.1 Å². The molecule has 4 nitrogen and oxygen atoms in total. The second-order valence-corrected chi connectivity index (χ2v) is 4.02. The number of nitrogens with zero attached hydrogens (tertiary/aromatic N) is 1. The number of hydrogen-bond acceptors (Lipinski definition) is 4. The van der Waals surface area contributed by atoms with Crippen LogP contribution in [0.15, 0.2) is 0 Å². The summed E-state index contributed by atoms with van der Waals surface area (Å²) in [6, 6.07) is 0.557. The Morgan fingerprint density at radius 3 is 2.60 bits per heavy atom. The summed E-state index contributed by atoms with van der Waals surface area (Å²) in [7, 11) is 1.41. The topological polar surface area (TPSA) is 49.8 Å². The van der Waals surface area contributed by atoms with E-state index in [1.807, 2.05) is 0 Å². The van der Waals surface area contributed by atoms with Crippen LogP contribution in [0, 0.1) is 0 Å². The Hall–Kier alpha value is -0.610. The maximum atomic E-state index is 11.0. The number of ether oxygens (including phenoxy) is 1. The predicted molar refractivity (Wildman–Crippen MR) is 57.5 cm³/mol. The zero-order valence-electron chi connectivity index (χ0n) is 9.45. The van der Waals surface area contributed by atoms with Gasteiger partial charge in [-0.1, -0.05) is 12.8 Å². The molecule has 0 heterocycles. The highest BCUT2D eigenvalue weighted by atomic mass is 16.5. The molecule has 0 spiro atoms.